The van der Waals surface area contributed by atoms with E-state index in [1.807, 2.05) is 52.1 Å². The van der Waals surface area contributed by atoms with E-state index in [4.69, 9.17) is 9.47 Å². The number of hydrogen-bond donors (Lipinski definition) is 0. The summed E-state index contributed by atoms with van der Waals surface area (Å²) >= 11 is 1.52. The molecule has 2 aromatic rings. The maximum Gasteiger partial charge on any atom is 0.211 e. The summed E-state index contributed by atoms with van der Waals surface area (Å²) in [7, 11) is 0. The van der Waals surface area contributed by atoms with Crippen LogP contribution in [0.25, 0.3) is 0 Å². The Morgan fingerprint density at radius 2 is 2.04 bits per heavy atom. The molecule has 0 spiro atoms. The lowest BCUT2D eigenvalue weighted by Crippen LogP contribution is -2.07. The molecule has 0 bridgehead atoms. The zero-order chi connectivity index (χ0) is 17.5. The third-order valence-electron chi connectivity index (χ3n) is 3.13. The lowest BCUT2D eigenvalue weighted by molar-refractivity contribution is 0.224. The predicted octanol–water partition coefficient (Wildman–Crippen LogP) is 3.63. The van der Waals surface area contributed by atoms with E-state index in [1.165, 1.54) is 11.8 Å². The van der Waals surface area contributed by atoms with Gasteiger partial charge in [-0.05, 0) is 50.8 Å². The minimum Gasteiger partial charge on any atom is -0.490 e. The summed E-state index contributed by atoms with van der Waals surface area (Å²) in [5.74, 6) is 2.30. The SMILES string of the molecule is CCOc1cc(/C=N\n2c(CC)nnc2SC)ccc1OC(C)C. The van der Waals surface area contributed by atoms with Crippen LogP contribution in [0.5, 0.6) is 11.5 Å². The van der Waals surface area contributed by atoms with Crippen LogP contribution >= 0.6 is 11.8 Å². The fourth-order valence-electron chi connectivity index (χ4n) is 2.11. The molecule has 0 fully saturated rings. The van der Waals surface area contributed by atoms with Crippen LogP contribution in [0.4, 0.5) is 0 Å². The first-order chi connectivity index (χ1) is 11.6. The molecule has 0 amide bonds. The van der Waals surface area contributed by atoms with Gasteiger partial charge in [0.1, 0.15) is 0 Å². The molecule has 7 heteroatoms. The van der Waals surface area contributed by atoms with Crippen LogP contribution in [0.15, 0.2) is 28.5 Å². The van der Waals surface area contributed by atoms with E-state index < -0.39 is 0 Å². The van der Waals surface area contributed by atoms with E-state index in [1.54, 1.807) is 10.9 Å². The minimum absolute atomic E-state index is 0.0944. The molecular formula is C17H24N4O2S. The number of ether oxygens (including phenoxy) is 2. The van der Waals surface area contributed by atoms with Crippen molar-refractivity contribution in [1.29, 1.82) is 0 Å². The van der Waals surface area contributed by atoms with Gasteiger partial charge >= 0.3 is 0 Å². The molecule has 0 saturated heterocycles. The van der Waals surface area contributed by atoms with Gasteiger partial charge < -0.3 is 9.47 Å². The third-order valence-corrected chi connectivity index (χ3v) is 3.75. The minimum atomic E-state index is 0.0944. The standard InChI is InChI=1S/C17H24N4O2S/c1-6-16-19-20-17(24-5)21(16)18-11-13-8-9-14(23-12(3)4)15(10-13)22-7-2/h8-12H,6-7H2,1-5H3/b18-11-. The second kappa shape index (κ2) is 8.73. The van der Waals surface area contributed by atoms with Crippen molar-refractivity contribution >= 4 is 18.0 Å². The highest BCUT2D eigenvalue weighted by atomic mass is 32.2. The Morgan fingerprint density at radius 3 is 2.67 bits per heavy atom. The molecule has 130 valence electrons. The van der Waals surface area contributed by atoms with Crippen LogP contribution in [0.2, 0.25) is 0 Å². The Labute approximate surface area is 147 Å². The predicted molar refractivity (Wildman–Crippen MR) is 97.5 cm³/mol. The molecule has 24 heavy (non-hydrogen) atoms. The lowest BCUT2D eigenvalue weighted by atomic mass is 10.2. The second-order valence-electron chi connectivity index (χ2n) is 5.32. The Hall–Kier alpha value is -2.02. The summed E-state index contributed by atoms with van der Waals surface area (Å²) in [6.07, 6.45) is 4.61. The first-order valence-corrected chi connectivity index (χ1v) is 9.27. The number of rotatable bonds is 8. The molecule has 0 aliphatic heterocycles. The van der Waals surface area contributed by atoms with E-state index in [2.05, 4.69) is 15.3 Å². The fraction of sp³-hybridized carbons (Fsp3) is 0.471. The molecule has 1 aromatic carbocycles. The Bertz CT molecular complexity index is 676. The lowest BCUT2D eigenvalue weighted by Gasteiger charge is -2.14. The van der Waals surface area contributed by atoms with Gasteiger partial charge in [-0.1, -0.05) is 18.7 Å². The zero-order valence-corrected chi connectivity index (χ0v) is 15.6. The number of thioether (sulfide) groups is 1. The smallest absolute Gasteiger partial charge is 0.211 e. The van der Waals surface area contributed by atoms with E-state index in [0.717, 1.165) is 34.5 Å². The number of hydrogen-bond acceptors (Lipinski definition) is 6. The molecule has 0 N–H and O–H groups in total. The summed E-state index contributed by atoms with van der Waals surface area (Å²) in [6.45, 7) is 8.55. The Balaban J connectivity index is 2.29. The molecule has 0 atom stereocenters. The number of nitrogens with zero attached hydrogens (tertiary/aromatic N) is 4. The van der Waals surface area contributed by atoms with Gasteiger partial charge in [-0.3, -0.25) is 0 Å². The summed E-state index contributed by atoms with van der Waals surface area (Å²) in [5, 5.41) is 13.6. The summed E-state index contributed by atoms with van der Waals surface area (Å²) in [4.78, 5) is 0. The van der Waals surface area contributed by atoms with Crippen molar-refractivity contribution in [3.05, 3.63) is 29.6 Å². The van der Waals surface area contributed by atoms with Crippen LogP contribution < -0.4 is 9.47 Å². The monoisotopic (exact) mass is 348 g/mol. The van der Waals surface area contributed by atoms with Gasteiger partial charge in [0.05, 0.1) is 18.9 Å². The molecule has 0 aliphatic carbocycles. The first-order valence-electron chi connectivity index (χ1n) is 8.05. The quantitative estimate of drug-likeness (QED) is 0.538. The molecule has 1 heterocycles. The van der Waals surface area contributed by atoms with Crippen LogP contribution in [-0.2, 0) is 6.42 Å². The van der Waals surface area contributed by atoms with Gasteiger partial charge in [0.25, 0.3) is 0 Å². The van der Waals surface area contributed by atoms with Gasteiger partial charge in [-0.2, -0.15) is 9.78 Å². The molecule has 0 unspecified atom stereocenters. The average molecular weight is 348 g/mol. The zero-order valence-electron chi connectivity index (χ0n) is 14.8. The molecule has 0 aliphatic rings. The molecule has 2 rings (SSSR count). The van der Waals surface area contributed by atoms with Crippen molar-refractivity contribution in [3.8, 4) is 11.5 Å². The van der Waals surface area contributed by atoms with Crippen molar-refractivity contribution in [3.63, 3.8) is 0 Å². The highest BCUT2D eigenvalue weighted by molar-refractivity contribution is 7.98. The van der Waals surface area contributed by atoms with Crippen LogP contribution in [-0.4, -0.2) is 40.1 Å². The van der Waals surface area contributed by atoms with E-state index in [0.29, 0.717) is 6.61 Å². The van der Waals surface area contributed by atoms with E-state index in [-0.39, 0.29) is 6.10 Å². The van der Waals surface area contributed by atoms with Crippen LogP contribution in [0, 0.1) is 0 Å². The molecular weight excluding hydrogens is 324 g/mol. The number of benzene rings is 1. The van der Waals surface area contributed by atoms with E-state index in [9.17, 15) is 0 Å². The highest BCUT2D eigenvalue weighted by Crippen LogP contribution is 2.29. The topological polar surface area (TPSA) is 61.5 Å². The van der Waals surface area contributed by atoms with Gasteiger partial charge in [0, 0.05) is 6.42 Å². The van der Waals surface area contributed by atoms with Crippen molar-refractivity contribution in [2.24, 2.45) is 5.10 Å². The molecule has 1 aromatic heterocycles. The van der Waals surface area contributed by atoms with Crippen molar-refractivity contribution in [1.82, 2.24) is 14.9 Å². The van der Waals surface area contributed by atoms with Crippen LogP contribution in [0.1, 0.15) is 39.1 Å². The van der Waals surface area contributed by atoms with Gasteiger partial charge in [0.2, 0.25) is 5.16 Å². The molecule has 0 saturated carbocycles. The fourth-order valence-corrected chi connectivity index (χ4v) is 2.56. The normalized spacial score (nSPS) is 11.4. The maximum atomic E-state index is 5.78. The van der Waals surface area contributed by atoms with Crippen molar-refractivity contribution in [2.45, 2.75) is 45.4 Å². The summed E-state index contributed by atoms with van der Waals surface area (Å²) < 4.78 is 13.2. The number of aromatic nitrogens is 3. The maximum absolute atomic E-state index is 5.78. The highest BCUT2D eigenvalue weighted by Gasteiger charge is 2.10. The third kappa shape index (κ3) is 4.50. The van der Waals surface area contributed by atoms with Crippen molar-refractivity contribution in [2.75, 3.05) is 12.9 Å². The Kier molecular flexibility index (Phi) is 6.66. The molecule has 0 radical (unpaired) electrons. The van der Waals surface area contributed by atoms with Crippen molar-refractivity contribution < 1.29 is 9.47 Å². The first kappa shape index (κ1) is 18.3. The summed E-state index contributed by atoms with van der Waals surface area (Å²) in [5.41, 5.74) is 0.928. The van der Waals surface area contributed by atoms with Gasteiger partial charge in [-0.25, -0.2) is 0 Å². The van der Waals surface area contributed by atoms with Gasteiger partial charge in [-0.15, -0.1) is 10.2 Å². The number of aryl methyl sites for hydroxylation is 1. The van der Waals surface area contributed by atoms with E-state index >= 15 is 0 Å². The Morgan fingerprint density at radius 1 is 1.25 bits per heavy atom. The summed E-state index contributed by atoms with van der Waals surface area (Å²) in [6, 6.07) is 5.80. The van der Waals surface area contributed by atoms with Crippen LogP contribution in [0.3, 0.4) is 0 Å². The van der Waals surface area contributed by atoms with Gasteiger partial charge in [0.15, 0.2) is 17.3 Å². The largest absolute Gasteiger partial charge is 0.490 e. The average Bonchev–Trinajstić information content (AvgIpc) is 2.96. The second-order valence-corrected chi connectivity index (χ2v) is 6.09. The molecule has 6 nitrogen and oxygen atoms in total.